The lowest BCUT2D eigenvalue weighted by Crippen LogP contribution is -2.48. The number of fused-ring (bicyclic) bond motifs is 4. The van der Waals surface area contributed by atoms with Gasteiger partial charge in [-0.05, 0) is 87.3 Å². The van der Waals surface area contributed by atoms with Crippen LogP contribution in [0.3, 0.4) is 0 Å². The smallest absolute Gasteiger partial charge is 0.409 e. The molecule has 0 unspecified atom stereocenters. The molecule has 1 aromatic heterocycles. The van der Waals surface area contributed by atoms with E-state index >= 15 is 0 Å². The molecule has 1 fully saturated rings. The topological polar surface area (TPSA) is 110 Å². The third-order valence-corrected chi connectivity index (χ3v) is 9.67. The molecule has 2 aliphatic heterocycles. The number of piperazine rings is 1. The first-order valence-electron chi connectivity index (χ1n) is 16.9. The highest BCUT2D eigenvalue weighted by Crippen LogP contribution is 2.46. The maximum Gasteiger partial charge on any atom is 0.415 e. The number of halogens is 1. The molecule has 3 amide bonds. The maximum absolute atomic E-state index is 14.2. The summed E-state index contributed by atoms with van der Waals surface area (Å²) in [5.41, 5.74) is 4.81. The SMILES string of the molecule is CN1CCN(C(=O)Oc2cc3c(c4ccccc24)[C@H](CCl)CN3C(=O)c2cc3cc(NC(=O)c4ccc(NC(C)(C)C)cc4)ccc3[nH]2)CC1. The summed E-state index contributed by atoms with van der Waals surface area (Å²) in [5, 5.41) is 8.86. The van der Waals surface area contributed by atoms with Crippen molar-refractivity contribution in [2.75, 3.05) is 61.2 Å². The van der Waals surface area contributed by atoms with E-state index in [-0.39, 0.29) is 23.3 Å². The summed E-state index contributed by atoms with van der Waals surface area (Å²) in [5.74, 6) is 0.181. The van der Waals surface area contributed by atoms with Gasteiger partial charge < -0.3 is 35.1 Å². The number of ether oxygens (including phenoxy) is 1. The van der Waals surface area contributed by atoms with E-state index in [0.29, 0.717) is 53.9 Å². The Hall–Kier alpha value is -5.06. The molecule has 0 spiro atoms. The number of amides is 3. The van der Waals surface area contributed by atoms with Crippen LogP contribution in [-0.4, -0.2) is 83.9 Å². The van der Waals surface area contributed by atoms with Crippen LogP contribution in [0.25, 0.3) is 21.7 Å². The largest absolute Gasteiger partial charge is 0.415 e. The fourth-order valence-corrected chi connectivity index (χ4v) is 7.03. The molecule has 5 aromatic rings. The van der Waals surface area contributed by atoms with Crippen molar-refractivity contribution >= 4 is 68.2 Å². The quantitative estimate of drug-likeness (QED) is 0.159. The van der Waals surface area contributed by atoms with E-state index in [2.05, 4.69) is 41.3 Å². The lowest BCUT2D eigenvalue weighted by atomic mass is 9.95. The summed E-state index contributed by atoms with van der Waals surface area (Å²) >= 11 is 6.51. The van der Waals surface area contributed by atoms with Crippen LogP contribution >= 0.6 is 11.6 Å². The Balaban J connectivity index is 1.14. The number of carbonyl (C=O) groups is 3. The summed E-state index contributed by atoms with van der Waals surface area (Å²) in [7, 11) is 2.03. The highest BCUT2D eigenvalue weighted by molar-refractivity contribution is 6.19. The summed E-state index contributed by atoms with van der Waals surface area (Å²) < 4.78 is 6.03. The molecule has 0 saturated carbocycles. The second-order valence-electron chi connectivity index (χ2n) is 14.2. The minimum absolute atomic E-state index is 0.0866. The number of likely N-dealkylation sites (N-methyl/N-ethyl adjacent to an activating group) is 1. The molecule has 2 aliphatic rings. The number of aromatic amines is 1. The van der Waals surface area contributed by atoms with Crippen molar-refractivity contribution in [3.8, 4) is 5.75 Å². The molecule has 1 atom stereocenters. The summed E-state index contributed by atoms with van der Waals surface area (Å²) in [6.07, 6.45) is -0.402. The number of nitrogens with one attached hydrogen (secondary N) is 3. The average Bonchev–Trinajstić information content (AvgIpc) is 3.69. The second-order valence-corrected chi connectivity index (χ2v) is 14.5. The van der Waals surface area contributed by atoms with Crippen molar-refractivity contribution < 1.29 is 19.1 Å². The molecule has 3 heterocycles. The number of hydrogen-bond acceptors (Lipinski definition) is 6. The van der Waals surface area contributed by atoms with Gasteiger partial charge >= 0.3 is 6.09 Å². The van der Waals surface area contributed by atoms with Gasteiger partial charge in [0.15, 0.2) is 0 Å². The van der Waals surface area contributed by atoms with Gasteiger partial charge in [0, 0.05) is 89.4 Å². The van der Waals surface area contributed by atoms with Gasteiger partial charge in [-0.3, -0.25) is 9.59 Å². The molecular formula is C39H41ClN6O4. The second kappa shape index (κ2) is 13.3. The molecule has 1 saturated heterocycles. The van der Waals surface area contributed by atoms with Gasteiger partial charge in [0.05, 0.1) is 5.69 Å². The van der Waals surface area contributed by atoms with Crippen molar-refractivity contribution in [2.45, 2.75) is 32.2 Å². The molecule has 11 heteroatoms. The molecule has 3 N–H and O–H groups in total. The number of rotatable bonds is 6. The Morgan fingerprint density at radius 1 is 0.900 bits per heavy atom. The predicted molar refractivity (Wildman–Crippen MR) is 200 cm³/mol. The fourth-order valence-electron chi connectivity index (χ4n) is 6.78. The van der Waals surface area contributed by atoms with Crippen LogP contribution in [0.15, 0.2) is 78.9 Å². The van der Waals surface area contributed by atoms with Crippen molar-refractivity contribution in [1.82, 2.24) is 14.8 Å². The number of carbonyl (C=O) groups excluding carboxylic acids is 3. The van der Waals surface area contributed by atoms with Crippen LogP contribution in [0.2, 0.25) is 0 Å². The Labute approximate surface area is 296 Å². The van der Waals surface area contributed by atoms with Crippen molar-refractivity contribution in [3.63, 3.8) is 0 Å². The first-order valence-corrected chi connectivity index (χ1v) is 17.4. The molecule has 50 heavy (non-hydrogen) atoms. The van der Waals surface area contributed by atoms with E-state index in [0.717, 1.165) is 46.0 Å². The number of nitrogens with zero attached hydrogens (tertiary/aromatic N) is 3. The van der Waals surface area contributed by atoms with Crippen LogP contribution in [-0.2, 0) is 0 Å². The van der Waals surface area contributed by atoms with Crippen LogP contribution in [0.4, 0.5) is 21.9 Å². The number of anilines is 3. The normalized spacial score (nSPS) is 16.5. The molecule has 10 nitrogen and oxygen atoms in total. The summed E-state index contributed by atoms with van der Waals surface area (Å²) in [6, 6.07) is 24.2. The third kappa shape index (κ3) is 6.73. The Bertz CT molecular complexity index is 2100. The molecule has 0 aliphatic carbocycles. The highest BCUT2D eigenvalue weighted by Gasteiger charge is 2.36. The summed E-state index contributed by atoms with van der Waals surface area (Å²) in [6.45, 7) is 9.37. The molecular weight excluding hydrogens is 652 g/mol. The molecule has 0 bridgehead atoms. The predicted octanol–water partition coefficient (Wildman–Crippen LogP) is 7.51. The van der Waals surface area contributed by atoms with E-state index in [9.17, 15) is 14.4 Å². The van der Waals surface area contributed by atoms with Gasteiger partial charge in [-0.1, -0.05) is 24.3 Å². The third-order valence-electron chi connectivity index (χ3n) is 9.29. The van der Waals surface area contributed by atoms with Crippen LogP contribution in [0, 0.1) is 0 Å². The zero-order valence-electron chi connectivity index (χ0n) is 28.7. The Morgan fingerprint density at radius 3 is 2.30 bits per heavy atom. The first-order chi connectivity index (χ1) is 24.0. The summed E-state index contributed by atoms with van der Waals surface area (Å²) in [4.78, 5) is 49.4. The van der Waals surface area contributed by atoms with Gasteiger partial charge in [0.2, 0.25) is 0 Å². The first kappa shape index (κ1) is 33.4. The number of benzene rings is 4. The lowest BCUT2D eigenvalue weighted by molar-refractivity contribution is 0.0983. The van der Waals surface area contributed by atoms with Gasteiger partial charge in [0.25, 0.3) is 11.8 Å². The molecule has 0 radical (unpaired) electrons. The van der Waals surface area contributed by atoms with E-state index in [4.69, 9.17) is 16.3 Å². The van der Waals surface area contributed by atoms with Gasteiger partial charge in [-0.25, -0.2) is 4.79 Å². The maximum atomic E-state index is 14.2. The minimum Gasteiger partial charge on any atom is -0.409 e. The zero-order valence-corrected chi connectivity index (χ0v) is 29.4. The molecule has 258 valence electrons. The Morgan fingerprint density at radius 2 is 1.60 bits per heavy atom. The number of alkyl halides is 1. The molecule has 7 rings (SSSR count). The van der Waals surface area contributed by atoms with Gasteiger partial charge in [-0.2, -0.15) is 0 Å². The zero-order chi connectivity index (χ0) is 35.2. The van der Waals surface area contributed by atoms with Gasteiger partial charge in [0.1, 0.15) is 11.4 Å². The molecule has 4 aromatic carbocycles. The fraction of sp³-hybridized carbons (Fsp3) is 0.308. The van der Waals surface area contributed by atoms with E-state index in [1.54, 1.807) is 34.1 Å². The van der Waals surface area contributed by atoms with Crippen molar-refractivity contribution in [3.05, 3.63) is 95.7 Å². The average molecular weight is 693 g/mol. The van der Waals surface area contributed by atoms with Crippen LogP contribution < -0.4 is 20.3 Å². The van der Waals surface area contributed by atoms with Crippen LogP contribution in [0.5, 0.6) is 5.75 Å². The monoisotopic (exact) mass is 692 g/mol. The lowest BCUT2D eigenvalue weighted by Gasteiger charge is -2.31. The number of hydrogen-bond donors (Lipinski definition) is 3. The highest BCUT2D eigenvalue weighted by atomic mass is 35.5. The minimum atomic E-state index is -0.402. The van der Waals surface area contributed by atoms with Crippen LogP contribution in [0.1, 0.15) is 53.1 Å². The van der Waals surface area contributed by atoms with Crippen molar-refractivity contribution in [2.24, 2.45) is 0 Å². The Kier molecular flexibility index (Phi) is 8.92. The number of H-pyrrole nitrogens is 1. The number of aromatic nitrogens is 1. The standard InChI is InChI=1S/C39H41ClN6O4/c1-39(2,3)43-27-11-9-24(10-12-27)36(47)41-28-13-14-31-25(19-28)20-32(42-31)37(48)46-23-26(22-40)35-30-8-6-5-7-29(30)34(21-33(35)46)50-38(49)45-17-15-44(4)16-18-45/h5-14,19-21,26,42-43H,15-18,22-23H2,1-4H3,(H,41,47)/t26-/m1/s1. The van der Waals surface area contributed by atoms with E-state index in [1.165, 1.54) is 0 Å². The van der Waals surface area contributed by atoms with Crippen molar-refractivity contribution in [1.29, 1.82) is 0 Å². The van der Waals surface area contributed by atoms with E-state index in [1.807, 2.05) is 61.6 Å². The van der Waals surface area contributed by atoms with Gasteiger partial charge in [-0.15, -0.1) is 11.6 Å². The van der Waals surface area contributed by atoms with E-state index < -0.39 is 6.09 Å².